The molecule has 0 atom stereocenters. The molecular formula is C8H9NS. The average molecular weight is 151 g/mol. The van der Waals surface area contributed by atoms with E-state index in [1.165, 1.54) is 11.5 Å². The van der Waals surface area contributed by atoms with Crippen molar-refractivity contribution in [3.05, 3.63) is 16.6 Å². The van der Waals surface area contributed by atoms with E-state index in [0.29, 0.717) is 0 Å². The summed E-state index contributed by atoms with van der Waals surface area (Å²) in [5.41, 5.74) is 1.06. The summed E-state index contributed by atoms with van der Waals surface area (Å²) in [4.78, 5) is 1.07. The van der Waals surface area contributed by atoms with E-state index in [1.807, 2.05) is 19.9 Å². The molecule has 1 aromatic rings. The van der Waals surface area contributed by atoms with Gasteiger partial charge in [0.15, 0.2) is 0 Å². The monoisotopic (exact) mass is 151 g/mol. The lowest BCUT2D eigenvalue weighted by molar-refractivity contribution is 1.28. The fraction of sp³-hybridized carbons (Fsp3) is 0.375. The summed E-state index contributed by atoms with van der Waals surface area (Å²) in [5.74, 6) is 6.02. The lowest BCUT2D eigenvalue weighted by Crippen LogP contribution is -1.61. The van der Waals surface area contributed by atoms with E-state index in [0.717, 1.165) is 17.0 Å². The SMILES string of the molecule is CCC#Cc1cc(C)ns1. The third-order valence-corrected chi connectivity index (χ3v) is 1.81. The number of nitrogens with zero attached hydrogens (tertiary/aromatic N) is 1. The minimum atomic E-state index is 0.914. The summed E-state index contributed by atoms with van der Waals surface area (Å²) in [6.07, 6.45) is 0.914. The van der Waals surface area contributed by atoms with Crippen molar-refractivity contribution >= 4 is 11.5 Å². The van der Waals surface area contributed by atoms with Crippen molar-refractivity contribution < 1.29 is 0 Å². The Morgan fingerprint density at radius 2 is 2.50 bits per heavy atom. The molecule has 0 aliphatic heterocycles. The summed E-state index contributed by atoms with van der Waals surface area (Å²) in [6.45, 7) is 4.02. The highest BCUT2D eigenvalue weighted by Gasteiger charge is 1.90. The van der Waals surface area contributed by atoms with Crippen LogP contribution in [0.3, 0.4) is 0 Å². The van der Waals surface area contributed by atoms with Gasteiger partial charge >= 0.3 is 0 Å². The molecule has 0 bridgehead atoms. The molecule has 0 fully saturated rings. The second-order valence-corrected chi connectivity index (χ2v) is 2.79. The number of hydrogen-bond acceptors (Lipinski definition) is 2. The minimum absolute atomic E-state index is 0.914. The van der Waals surface area contributed by atoms with E-state index in [2.05, 4.69) is 16.2 Å². The molecule has 1 nitrogen and oxygen atoms in total. The summed E-state index contributed by atoms with van der Waals surface area (Å²) in [7, 11) is 0. The zero-order valence-corrected chi connectivity index (χ0v) is 6.96. The van der Waals surface area contributed by atoms with Gasteiger partial charge in [0.2, 0.25) is 0 Å². The Morgan fingerprint density at radius 1 is 1.70 bits per heavy atom. The molecule has 52 valence electrons. The quantitative estimate of drug-likeness (QED) is 0.518. The van der Waals surface area contributed by atoms with E-state index < -0.39 is 0 Å². The fourth-order valence-corrected chi connectivity index (χ4v) is 1.23. The van der Waals surface area contributed by atoms with Gasteiger partial charge in [-0.2, -0.15) is 4.37 Å². The molecule has 1 aromatic heterocycles. The zero-order valence-electron chi connectivity index (χ0n) is 6.14. The van der Waals surface area contributed by atoms with Crippen molar-refractivity contribution in [2.75, 3.05) is 0 Å². The van der Waals surface area contributed by atoms with Gasteiger partial charge in [-0.25, -0.2) is 0 Å². The molecule has 0 amide bonds. The summed E-state index contributed by atoms with van der Waals surface area (Å²) >= 11 is 1.47. The molecule has 0 aliphatic rings. The van der Waals surface area contributed by atoms with E-state index in [-0.39, 0.29) is 0 Å². The number of aromatic nitrogens is 1. The lowest BCUT2D eigenvalue weighted by Gasteiger charge is -1.71. The zero-order chi connectivity index (χ0) is 7.40. The van der Waals surface area contributed by atoms with E-state index in [1.54, 1.807) is 0 Å². The molecular weight excluding hydrogens is 142 g/mol. The molecule has 1 heterocycles. The van der Waals surface area contributed by atoms with Crippen LogP contribution < -0.4 is 0 Å². The highest BCUT2D eigenvalue weighted by molar-refractivity contribution is 7.06. The topological polar surface area (TPSA) is 12.9 Å². The largest absolute Gasteiger partial charge is 0.197 e. The van der Waals surface area contributed by atoms with Gasteiger partial charge in [-0.15, -0.1) is 0 Å². The van der Waals surface area contributed by atoms with Gasteiger partial charge in [0.05, 0.1) is 10.6 Å². The molecule has 0 N–H and O–H groups in total. The Balaban J connectivity index is 2.76. The van der Waals surface area contributed by atoms with Crippen molar-refractivity contribution in [3.63, 3.8) is 0 Å². The van der Waals surface area contributed by atoms with Crippen LogP contribution in [0.25, 0.3) is 0 Å². The summed E-state index contributed by atoms with van der Waals surface area (Å²) in [5, 5.41) is 0. The fourth-order valence-electron chi connectivity index (χ4n) is 0.598. The maximum atomic E-state index is 4.11. The van der Waals surface area contributed by atoms with Crippen molar-refractivity contribution in [2.24, 2.45) is 0 Å². The molecule has 0 unspecified atom stereocenters. The van der Waals surface area contributed by atoms with Crippen molar-refractivity contribution in [1.29, 1.82) is 0 Å². The molecule has 10 heavy (non-hydrogen) atoms. The standard InChI is InChI=1S/C8H9NS/c1-3-4-5-8-6-7(2)9-10-8/h6H,3H2,1-2H3. The van der Waals surface area contributed by atoms with Gasteiger partial charge < -0.3 is 0 Å². The van der Waals surface area contributed by atoms with Gasteiger partial charge in [-0.3, -0.25) is 0 Å². The highest BCUT2D eigenvalue weighted by Crippen LogP contribution is 2.06. The smallest absolute Gasteiger partial charge is 0.0977 e. The van der Waals surface area contributed by atoms with Crippen LogP contribution in [0.2, 0.25) is 0 Å². The Bertz CT molecular complexity index is 264. The Labute approximate surface area is 65.3 Å². The summed E-state index contributed by atoms with van der Waals surface area (Å²) in [6, 6.07) is 2.01. The van der Waals surface area contributed by atoms with E-state index in [9.17, 15) is 0 Å². The first-order valence-corrected chi connectivity index (χ1v) is 4.02. The molecule has 0 aromatic carbocycles. The van der Waals surface area contributed by atoms with Crippen LogP contribution in [-0.2, 0) is 0 Å². The minimum Gasteiger partial charge on any atom is -0.197 e. The third kappa shape index (κ3) is 1.85. The average Bonchev–Trinajstić information content (AvgIpc) is 2.31. The summed E-state index contributed by atoms with van der Waals surface area (Å²) < 4.78 is 4.11. The molecule has 0 spiro atoms. The first-order chi connectivity index (χ1) is 4.83. The molecule has 0 saturated heterocycles. The number of hydrogen-bond donors (Lipinski definition) is 0. The molecule has 0 radical (unpaired) electrons. The lowest BCUT2D eigenvalue weighted by atomic mass is 10.4. The number of rotatable bonds is 0. The van der Waals surface area contributed by atoms with Crippen LogP contribution in [0.4, 0.5) is 0 Å². The van der Waals surface area contributed by atoms with Crippen LogP contribution in [0, 0.1) is 18.8 Å². The van der Waals surface area contributed by atoms with Crippen molar-refractivity contribution in [2.45, 2.75) is 20.3 Å². The van der Waals surface area contributed by atoms with Crippen LogP contribution in [-0.4, -0.2) is 4.37 Å². The predicted molar refractivity (Wildman–Crippen MR) is 44.0 cm³/mol. The Morgan fingerprint density at radius 3 is 3.00 bits per heavy atom. The third-order valence-electron chi connectivity index (χ3n) is 1.02. The Hall–Kier alpha value is -0.810. The van der Waals surface area contributed by atoms with Gasteiger partial charge in [0.25, 0.3) is 0 Å². The van der Waals surface area contributed by atoms with Gasteiger partial charge in [-0.1, -0.05) is 18.8 Å². The van der Waals surface area contributed by atoms with Crippen LogP contribution >= 0.6 is 11.5 Å². The van der Waals surface area contributed by atoms with Crippen molar-refractivity contribution in [1.82, 2.24) is 4.37 Å². The highest BCUT2D eigenvalue weighted by atomic mass is 32.1. The van der Waals surface area contributed by atoms with E-state index >= 15 is 0 Å². The first-order valence-electron chi connectivity index (χ1n) is 3.25. The predicted octanol–water partition coefficient (Wildman–Crippen LogP) is 2.21. The van der Waals surface area contributed by atoms with Crippen LogP contribution in [0.1, 0.15) is 23.9 Å². The normalized spacial score (nSPS) is 8.60. The first kappa shape index (κ1) is 7.30. The maximum Gasteiger partial charge on any atom is 0.0977 e. The van der Waals surface area contributed by atoms with Gasteiger partial charge in [0.1, 0.15) is 0 Å². The Kier molecular flexibility index (Phi) is 2.47. The van der Waals surface area contributed by atoms with E-state index in [4.69, 9.17) is 0 Å². The van der Waals surface area contributed by atoms with Crippen LogP contribution in [0.5, 0.6) is 0 Å². The van der Waals surface area contributed by atoms with Gasteiger partial charge in [-0.05, 0) is 24.5 Å². The van der Waals surface area contributed by atoms with Crippen LogP contribution in [0.15, 0.2) is 6.07 Å². The molecule has 0 aliphatic carbocycles. The van der Waals surface area contributed by atoms with Gasteiger partial charge in [0, 0.05) is 6.42 Å². The molecule has 2 heteroatoms. The number of aryl methyl sites for hydroxylation is 1. The maximum absolute atomic E-state index is 4.11. The second kappa shape index (κ2) is 3.38. The molecule has 0 saturated carbocycles. The second-order valence-electron chi connectivity index (χ2n) is 1.99. The molecule has 1 rings (SSSR count). The van der Waals surface area contributed by atoms with Crippen molar-refractivity contribution in [3.8, 4) is 11.8 Å².